The van der Waals surface area contributed by atoms with Gasteiger partial charge >= 0.3 is 0 Å². The molecule has 2 aromatic carbocycles. The van der Waals surface area contributed by atoms with Crippen LogP contribution in [-0.2, 0) is 0 Å². The molecule has 4 atom stereocenters. The van der Waals surface area contributed by atoms with Gasteiger partial charge in [-0.3, -0.25) is 9.59 Å². The number of rotatable bonds is 4. The highest BCUT2D eigenvalue weighted by Gasteiger charge is 2.37. The van der Waals surface area contributed by atoms with Gasteiger partial charge in [-0.15, -0.1) is 0 Å². The minimum Gasteiger partial charge on any atom is -0.423 e. The lowest BCUT2D eigenvalue weighted by Gasteiger charge is -2.47. The van der Waals surface area contributed by atoms with Gasteiger partial charge in [0.15, 0.2) is 5.58 Å². The van der Waals surface area contributed by atoms with Crippen LogP contribution in [0.1, 0.15) is 66.7 Å². The van der Waals surface area contributed by atoms with E-state index in [-0.39, 0.29) is 29.9 Å². The number of hydrogen-bond acceptors (Lipinski definition) is 6. The summed E-state index contributed by atoms with van der Waals surface area (Å²) in [5.41, 5.74) is 2.45. The number of nitrogens with zero attached hydrogens (tertiary/aromatic N) is 4. The molecule has 1 aromatic heterocycles. The van der Waals surface area contributed by atoms with Crippen molar-refractivity contribution in [3.63, 3.8) is 0 Å². The lowest BCUT2D eigenvalue weighted by Crippen LogP contribution is -2.58. The lowest BCUT2D eigenvalue weighted by atomic mass is 9.82. The van der Waals surface area contributed by atoms with Crippen molar-refractivity contribution in [3.8, 4) is 0 Å². The molecular formula is C30H37N5O3. The highest BCUT2D eigenvalue weighted by atomic mass is 16.4. The maximum absolute atomic E-state index is 13.4. The van der Waals surface area contributed by atoms with Crippen LogP contribution in [0.5, 0.6) is 0 Å². The Bertz CT molecular complexity index is 1300. The zero-order chi connectivity index (χ0) is 26.4. The van der Waals surface area contributed by atoms with Crippen LogP contribution >= 0.6 is 0 Å². The van der Waals surface area contributed by atoms with E-state index in [4.69, 9.17) is 9.40 Å². The number of fused-ring (bicyclic) bond motifs is 3. The number of anilines is 1. The van der Waals surface area contributed by atoms with Crippen molar-refractivity contribution in [1.82, 2.24) is 20.1 Å². The predicted octanol–water partition coefficient (Wildman–Crippen LogP) is 4.31. The second-order valence-electron chi connectivity index (χ2n) is 11.4. The number of nitrogens with one attached hydrogen (secondary N) is 1. The van der Waals surface area contributed by atoms with Crippen molar-refractivity contribution >= 4 is 28.9 Å². The summed E-state index contributed by atoms with van der Waals surface area (Å²) in [7, 11) is 2.23. The Balaban J connectivity index is 1.19. The average molecular weight is 516 g/mol. The van der Waals surface area contributed by atoms with E-state index in [1.807, 2.05) is 53.4 Å². The summed E-state index contributed by atoms with van der Waals surface area (Å²) < 4.78 is 6.21. The standard InChI is InChI=1S/C30H37N5O3/c1-19-17-34(29(37)21-9-5-4-6-10-21)18-20(2)35(19)30-32-27-25(13-8-14-26(27)38-30)28(36)31-22-15-23-11-7-12-24(16-22)33(23)3/h4-6,8-10,13-14,19-20,22-24H,7,11-12,15-18H2,1-3H3,(H,31,36)/t19-,20-,22?,23?,24?/m0/s1. The quantitative estimate of drug-likeness (QED) is 0.558. The summed E-state index contributed by atoms with van der Waals surface area (Å²) >= 11 is 0. The number of piperidine rings is 2. The Morgan fingerprint density at radius 1 is 0.947 bits per heavy atom. The largest absolute Gasteiger partial charge is 0.423 e. The van der Waals surface area contributed by atoms with Crippen LogP contribution in [0.2, 0.25) is 0 Å². The highest BCUT2D eigenvalue weighted by molar-refractivity contribution is 6.05. The van der Waals surface area contributed by atoms with Gasteiger partial charge in [-0.25, -0.2) is 0 Å². The molecule has 0 radical (unpaired) electrons. The topological polar surface area (TPSA) is 81.9 Å². The molecule has 2 unspecified atom stereocenters. The van der Waals surface area contributed by atoms with Gasteiger partial charge in [0.1, 0.15) is 5.52 Å². The summed E-state index contributed by atoms with van der Waals surface area (Å²) in [5, 5.41) is 3.31. The SMILES string of the molecule is C[C@H]1CN(C(=O)c2ccccc2)C[C@H](C)N1c1nc2c(C(=O)NC3CC4CCCC(C3)N4C)cccc2o1. The number of carbonyl (C=O) groups is 2. The Morgan fingerprint density at radius 3 is 2.32 bits per heavy atom. The monoisotopic (exact) mass is 515 g/mol. The van der Waals surface area contributed by atoms with Crippen LogP contribution in [0, 0.1) is 0 Å². The first-order chi connectivity index (χ1) is 18.4. The number of hydrogen-bond donors (Lipinski definition) is 1. The molecule has 38 heavy (non-hydrogen) atoms. The highest BCUT2D eigenvalue weighted by Crippen LogP contribution is 2.33. The fourth-order valence-corrected chi connectivity index (χ4v) is 6.86. The number of carbonyl (C=O) groups excluding carboxylic acids is 2. The van der Waals surface area contributed by atoms with E-state index in [0.717, 1.165) is 12.8 Å². The molecule has 3 saturated heterocycles. The smallest absolute Gasteiger partial charge is 0.299 e. The summed E-state index contributed by atoms with van der Waals surface area (Å²) in [4.78, 5) is 37.9. The van der Waals surface area contributed by atoms with Crippen molar-refractivity contribution in [2.45, 2.75) is 76.2 Å². The molecule has 2 bridgehead atoms. The molecule has 8 nitrogen and oxygen atoms in total. The minimum atomic E-state index is -0.0811. The average Bonchev–Trinajstić information content (AvgIpc) is 3.32. The zero-order valence-electron chi connectivity index (χ0n) is 22.5. The molecule has 6 rings (SSSR count). The second-order valence-corrected chi connectivity index (χ2v) is 11.4. The molecule has 0 saturated carbocycles. The van der Waals surface area contributed by atoms with Crippen molar-refractivity contribution in [2.24, 2.45) is 0 Å². The second kappa shape index (κ2) is 10.1. The number of piperazine rings is 1. The number of oxazole rings is 1. The molecule has 200 valence electrons. The maximum Gasteiger partial charge on any atom is 0.299 e. The molecule has 8 heteroatoms. The van der Waals surface area contributed by atoms with Crippen LogP contribution in [0.25, 0.3) is 11.1 Å². The Morgan fingerprint density at radius 2 is 1.63 bits per heavy atom. The van der Waals surface area contributed by atoms with Gasteiger partial charge in [-0.1, -0.05) is 30.7 Å². The van der Waals surface area contributed by atoms with Gasteiger partial charge in [0.2, 0.25) is 0 Å². The summed E-state index contributed by atoms with van der Waals surface area (Å²) in [6.45, 7) is 5.31. The molecular weight excluding hydrogens is 478 g/mol. The molecule has 0 aliphatic carbocycles. The van der Waals surface area contributed by atoms with E-state index in [9.17, 15) is 9.59 Å². The van der Waals surface area contributed by atoms with E-state index in [1.165, 1.54) is 19.3 Å². The molecule has 3 aromatic rings. The van der Waals surface area contributed by atoms with Crippen LogP contribution in [0.3, 0.4) is 0 Å². The fraction of sp³-hybridized carbons (Fsp3) is 0.500. The lowest BCUT2D eigenvalue weighted by molar-refractivity contribution is 0.0463. The Hall–Kier alpha value is -3.39. The van der Waals surface area contributed by atoms with Gasteiger partial charge in [0.25, 0.3) is 17.8 Å². The number of aromatic nitrogens is 1. The third kappa shape index (κ3) is 4.55. The third-order valence-electron chi connectivity index (χ3n) is 8.78. The summed E-state index contributed by atoms with van der Waals surface area (Å²) in [6, 6.07) is 16.8. The molecule has 4 heterocycles. The molecule has 0 spiro atoms. The molecule has 2 amide bonds. The van der Waals surface area contributed by atoms with Gasteiger partial charge in [-0.05, 0) is 70.8 Å². The van der Waals surface area contributed by atoms with Crippen LogP contribution < -0.4 is 10.2 Å². The summed E-state index contributed by atoms with van der Waals surface area (Å²) in [5.74, 6) is -0.0408. The van der Waals surface area contributed by atoms with E-state index in [2.05, 4.69) is 36.0 Å². The number of amides is 2. The Labute approximate surface area is 224 Å². The first-order valence-corrected chi connectivity index (χ1v) is 13.9. The predicted molar refractivity (Wildman–Crippen MR) is 147 cm³/mol. The summed E-state index contributed by atoms with van der Waals surface area (Å²) in [6.07, 6.45) is 5.71. The first kappa shape index (κ1) is 24.9. The van der Waals surface area contributed by atoms with Crippen LogP contribution in [0.15, 0.2) is 52.9 Å². The zero-order valence-corrected chi connectivity index (χ0v) is 22.5. The first-order valence-electron chi connectivity index (χ1n) is 13.9. The maximum atomic E-state index is 13.4. The molecule has 1 N–H and O–H groups in total. The van der Waals surface area contributed by atoms with Crippen LogP contribution in [-0.4, -0.2) is 76.9 Å². The van der Waals surface area contributed by atoms with Crippen molar-refractivity contribution < 1.29 is 14.0 Å². The molecule has 3 fully saturated rings. The van der Waals surface area contributed by atoms with Gasteiger partial charge in [0.05, 0.1) is 5.56 Å². The third-order valence-corrected chi connectivity index (χ3v) is 8.78. The normalized spacial score (nSPS) is 27.9. The molecule has 3 aliphatic rings. The fourth-order valence-electron chi connectivity index (χ4n) is 6.86. The van der Waals surface area contributed by atoms with Crippen LogP contribution in [0.4, 0.5) is 6.01 Å². The van der Waals surface area contributed by atoms with E-state index in [0.29, 0.717) is 53.4 Å². The van der Waals surface area contributed by atoms with E-state index < -0.39 is 0 Å². The molecule has 3 aliphatic heterocycles. The number of benzene rings is 2. The van der Waals surface area contributed by atoms with Crippen molar-refractivity contribution in [1.29, 1.82) is 0 Å². The van der Waals surface area contributed by atoms with E-state index in [1.54, 1.807) is 0 Å². The van der Waals surface area contributed by atoms with Gasteiger partial charge in [0, 0.05) is 48.9 Å². The van der Waals surface area contributed by atoms with Crippen molar-refractivity contribution in [3.05, 3.63) is 59.7 Å². The van der Waals surface area contributed by atoms with Gasteiger partial charge in [-0.2, -0.15) is 4.98 Å². The van der Waals surface area contributed by atoms with Crippen molar-refractivity contribution in [2.75, 3.05) is 25.0 Å². The minimum absolute atomic E-state index is 0.00962. The number of para-hydroxylation sites is 1. The van der Waals surface area contributed by atoms with Gasteiger partial charge < -0.3 is 24.4 Å². The Kier molecular flexibility index (Phi) is 6.60. The van der Waals surface area contributed by atoms with E-state index >= 15 is 0 Å².